The third-order valence-electron chi connectivity index (χ3n) is 3.48. The lowest BCUT2D eigenvalue weighted by Gasteiger charge is -2.12. The molecule has 0 bridgehead atoms. The van der Waals surface area contributed by atoms with E-state index in [0.717, 1.165) is 37.8 Å². The van der Waals surface area contributed by atoms with Gasteiger partial charge in [-0.1, -0.05) is 45.7 Å². The molecule has 0 atom stereocenters. The first-order valence-corrected chi connectivity index (χ1v) is 7.49. The van der Waals surface area contributed by atoms with Gasteiger partial charge in [-0.05, 0) is 48.8 Å². The third-order valence-corrected chi connectivity index (χ3v) is 3.48. The maximum atomic E-state index is 10.6. The van der Waals surface area contributed by atoms with Crippen LogP contribution >= 0.6 is 0 Å². The Balaban J connectivity index is 3.15. The first-order chi connectivity index (χ1) is 9.26. The first-order valence-electron chi connectivity index (χ1n) is 7.49. The first kappa shape index (κ1) is 15.7. The summed E-state index contributed by atoms with van der Waals surface area (Å²) in [5.74, 6) is 0. The molecule has 0 unspecified atom stereocenters. The highest BCUT2D eigenvalue weighted by molar-refractivity contribution is 5.60. The highest BCUT2D eigenvalue weighted by Gasteiger charge is 2.09. The maximum absolute atomic E-state index is 10.6. The van der Waals surface area contributed by atoms with Gasteiger partial charge in [-0.25, -0.2) is 4.79 Å². The van der Waals surface area contributed by atoms with E-state index in [1.807, 2.05) is 0 Å². The van der Waals surface area contributed by atoms with E-state index in [1.54, 1.807) is 6.08 Å². The van der Waals surface area contributed by atoms with Crippen LogP contribution in [0.1, 0.15) is 63.1 Å². The Kier molecular flexibility index (Phi) is 7.14. The molecule has 0 fully saturated rings. The predicted molar refractivity (Wildman–Crippen MR) is 80.8 cm³/mol. The zero-order valence-corrected chi connectivity index (χ0v) is 12.5. The van der Waals surface area contributed by atoms with Crippen LogP contribution in [-0.2, 0) is 24.1 Å². The van der Waals surface area contributed by atoms with E-state index in [0.29, 0.717) is 0 Å². The van der Waals surface area contributed by atoms with Crippen LogP contribution in [0.2, 0.25) is 0 Å². The smallest absolute Gasteiger partial charge is 0.211 e. The van der Waals surface area contributed by atoms with Crippen molar-refractivity contribution in [2.24, 2.45) is 4.99 Å². The van der Waals surface area contributed by atoms with E-state index in [2.05, 4.69) is 37.9 Å². The number of hydrogen-bond donors (Lipinski definition) is 0. The molecule has 19 heavy (non-hydrogen) atoms. The van der Waals surface area contributed by atoms with Gasteiger partial charge in [0.25, 0.3) is 0 Å². The van der Waals surface area contributed by atoms with Gasteiger partial charge in [0.2, 0.25) is 6.08 Å². The Morgan fingerprint density at radius 2 is 1.63 bits per heavy atom. The Hall–Kier alpha value is -1.40. The van der Waals surface area contributed by atoms with Gasteiger partial charge in [0.15, 0.2) is 0 Å². The van der Waals surface area contributed by atoms with Crippen LogP contribution in [0.15, 0.2) is 17.1 Å². The average Bonchev–Trinajstić information content (AvgIpc) is 2.44. The molecule has 0 radical (unpaired) electrons. The van der Waals surface area contributed by atoms with Crippen LogP contribution in [-0.4, -0.2) is 6.08 Å². The van der Waals surface area contributed by atoms with Crippen molar-refractivity contribution >= 4 is 11.8 Å². The summed E-state index contributed by atoms with van der Waals surface area (Å²) in [5.41, 5.74) is 4.65. The lowest BCUT2D eigenvalue weighted by molar-refractivity contribution is 0.565. The Bertz CT molecular complexity index is 445. The highest BCUT2D eigenvalue weighted by atomic mass is 16.1. The molecule has 0 saturated heterocycles. The molecule has 0 aliphatic carbocycles. The fourth-order valence-electron chi connectivity index (χ4n) is 2.37. The Morgan fingerprint density at radius 1 is 1.00 bits per heavy atom. The van der Waals surface area contributed by atoms with Crippen LogP contribution in [0.25, 0.3) is 0 Å². The Morgan fingerprint density at radius 3 is 2.21 bits per heavy atom. The fourth-order valence-corrected chi connectivity index (χ4v) is 2.37. The molecular weight excluding hydrogens is 234 g/mol. The molecule has 0 heterocycles. The molecule has 1 aromatic carbocycles. The van der Waals surface area contributed by atoms with Crippen LogP contribution in [0, 0.1) is 0 Å². The second kappa shape index (κ2) is 8.66. The van der Waals surface area contributed by atoms with Crippen LogP contribution < -0.4 is 0 Å². The largest absolute Gasteiger partial charge is 0.240 e. The molecule has 2 nitrogen and oxygen atoms in total. The quantitative estimate of drug-likeness (QED) is 0.482. The Labute approximate surface area is 117 Å². The monoisotopic (exact) mass is 259 g/mol. The highest BCUT2D eigenvalue weighted by Crippen LogP contribution is 2.29. The van der Waals surface area contributed by atoms with Gasteiger partial charge in [0.1, 0.15) is 0 Å². The molecule has 0 aliphatic heterocycles. The van der Waals surface area contributed by atoms with Crippen molar-refractivity contribution in [2.75, 3.05) is 0 Å². The van der Waals surface area contributed by atoms with E-state index in [-0.39, 0.29) is 0 Å². The normalized spacial score (nSPS) is 10.3. The zero-order valence-electron chi connectivity index (χ0n) is 12.5. The summed E-state index contributed by atoms with van der Waals surface area (Å²) < 4.78 is 0. The van der Waals surface area contributed by atoms with Gasteiger partial charge in [0.05, 0.1) is 5.69 Å². The van der Waals surface area contributed by atoms with Crippen molar-refractivity contribution in [3.63, 3.8) is 0 Å². The van der Waals surface area contributed by atoms with Gasteiger partial charge < -0.3 is 0 Å². The zero-order chi connectivity index (χ0) is 14.1. The summed E-state index contributed by atoms with van der Waals surface area (Å²) in [4.78, 5) is 14.6. The van der Waals surface area contributed by atoms with Gasteiger partial charge in [-0.3, -0.25) is 0 Å². The molecular formula is C17H25NO. The molecule has 1 rings (SSSR count). The summed E-state index contributed by atoms with van der Waals surface area (Å²) in [5, 5.41) is 0. The molecule has 0 spiro atoms. The predicted octanol–water partition coefficient (Wildman–Crippen LogP) is 4.90. The third kappa shape index (κ3) is 4.65. The van der Waals surface area contributed by atoms with Crippen molar-refractivity contribution in [1.82, 2.24) is 0 Å². The fraction of sp³-hybridized carbons (Fsp3) is 0.588. The number of carbonyl (C=O) groups excluding carboxylic acids is 1. The van der Waals surface area contributed by atoms with Crippen molar-refractivity contribution in [2.45, 2.75) is 65.7 Å². The van der Waals surface area contributed by atoms with Crippen molar-refractivity contribution in [1.29, 1.82) is 0 Å². The molecule has 2 heteroatoms. The number of aryl methyl sites for hydroxylation is 3. The summed E-state index contributed by atoms with van der Waals surface area (Å²) in [6.07, 6.45) is 9.47. The van der Waals surface area contributed by atoms with Crippen molar-refractivity contribution < 1.29 is 4.79 Å². The number of aliphatic imine (C=N–C) groups is 1. The molecule has 0 N–H and O–H groups in total. The van der Waals surface area contributed by atoms with Crippen molar-refractivity contribution in [3.05, 3.63) is 28.8 Å². The van der Waals surface area contributed by atoms with Crippen LogP contribution in [0.5, 0.6) is 0 Å². The number of isocyanates is 1. The van der Waals surface area contributed by atoms with Crippen LogP contribution in [0.4, 0.5) is 5.69 Å². The molecule has 0 saturated carbocycles. The minimum absolute atomic E-state index is 0.867. The number of unbranched alkanes of at least 4 members (excludes halogenated alkanes) is 2. The van der Waals surface area contributed by atoms with E-state index in [9.17, 15) is 4.79 Å². The number of benzene rings is 1. The number of rotatable bonds is 8. The van der Waals surface area contributed by atoms with E-state index >= 15 is 0 Å². The second-order valence-corrected chi connectivity index (χ2v) is 5.03. The summed E-state index contributed by atoms with van der Waals surface area (Å²) in [7, 11) is 0. The molecule has 0 aromatic heterocycles. The molecule has 104 valence electrons. The maximum Gasteiger partial charge on any atom is 0.240 e. The second-order valence-electron chi connectivity index (χ2n) is 5.03. The summed E-state index contributed by atoms with van der Waals surface area (Å²) in [6, 6.07) is 4.45. The van der Waals surface area contributed by atoms with Gasteiger partial charge >= 0.3 is 0 Å². The SMILES string of the molecule is CCCCc1cc(CC)c(N=C=O)c(CCCC)c1. The van der Waals surface area contributed by atoms with Gasteiger partial charge in [0, 0.05) is 0 Å². The summed E-state index contributed by atoms with van der Waals surface area (Å²) >= 11 is 0. The van der Waals surface area contributed by atoms with Gasteiger partial charge in [-0.2, -0.15) is 4.99 Å². The van der Waals surface area contributed by atoms with Crippen molar-refractivity contribution in [3.8, 4) is 0 Å². The minimum Gasteiger partial charge on any atom is -0.211 e. The molecule has 0 amide bonds. The molecule has 0 aliphatic rings. The standard InChI is InChI=1S/C17H25NO/c1-4-7-9-14-11-15(6-3)17(18-13-19)16(12-14)10-8-5-2/h11-12H,4-10H2,1-3H3. The lowest BCUT2D eigenvalue weighted by Crippen LogP contribution is -1.96. The number of nitrogens with zero attached hydrogens (tertiary/aromatic N) is 1. The van der Waals surface area contributed by atoms with Crippen LogP contribution in [0.3, 0.4) is 0 Å². The summed E-state index contributed by atoms with van der Waals surface area (Å²) in [6.45, 7) is 6.51. The van der Waals surface area contributed by atoms with E-state index in [1.165, 1.54) is 29.5 Å². The average molecular weight is 259 g/mol. The van der Waals surface area contributed by atoms with Gasteiger partial charge in [-0.15, -0.1) is 0 Å². The number of hydrogen-bond acceptors (Lipinski definition) is 2. The minimum atomic E-state index is 0.867. The topological polar surface area (TPSA) is 29.4 Å². The lowest BCUT2D eigenvalue weighted by atomic mass is 9.95. The molecule has 1 aromatic rings. The van der Waals surface area contributed by atoms with E-state index < -0.39 is 0 Å². The van der Waals surface area contributed by atoms with E-state index in [4.69, 9.17) is 0 Å².